The van der Waals surface area contributed by atoms with Crippen molar-refractivity contribution in [3.63, 3.8) is 0 Å². The van der Waals surface area contributed by atoms with Crippen LogP contribution in [0.5, 0.6) is 0 Å². The Bertz CT molecular complexity index is 458. The highest BCUT2D eigenvalue weighted by atomic mass is 19.4. The standard InChI is InChI=1S/C12H12F4N2O/c13-8-1-3-9(4-2-8)18-6-5-11(19)17-7-10(18)12(14,15)16/h1-4,10H,5-7H2,(H,17,19). The van der Waals surface area contributed by atoms with Gasteiger partial charge in [-0.25, -0.2) is 4.39 Å². The van der Waals surface area contributed by atoms with Crippen LogP contribution in [-0.4, -0.2) is 31.2 Å². The average molecular weight is 276 g/mol. The number of rotatable bonds is 1. The number of carbonyl (C=O) groups is 1. The van der Waals surface area contributed by atoms with E-state index < -0.39 is 30.5 Å². The molecule has 0 bridgehead atoms. The van der Waals surface area contributed by atoms with Gasteiger partial charge in [-0.2, -0.15) is 13.2 Å². The first-order valence-electron chi connectivity index (χ1n) is 5.73. The molecule has 1 aliphatic rings. The lowest BCUT2D eigenvalue weighted by atomic mass is 10.2. The number of amides is 1. The van der Waals surface area contributed by atoms with Crippen LogP contribution < -0.4 is 10.2 Å². The van der Waals surface area contributed by atoms with Crippen LogP contribution >= 0.6 is 0 Å². The average Bonchev–Trinajstić information content (AvgIpc) is 2.52. The molecule has 1 atom stereocenters. The Morgan fingerprint density at radius 2 is 1.84 bits per heavy atom. The molecule has 2 rings (SSSR count). The molecule has 1 saturated heterocycles. The van der Waals surface area contributed by atoms with Gasteiger partial charge in [-0.05, 0) is 24.3 Å². The van der Waals surface area contributed by atoms with Gasteiger partial charge >= 0.3 is 6.18 Å². The molecule has 0 radical (unpaired) electrons. The summed E-state index contributed by atoms with van der Waals surface area (Å²) in [5.74, 6) is -0.935. The maximum Gasteiger partial charge on any atom is 0.410 e. The van der Waals surface area contributed by atoms with Gasteiger partial charge in [0.15, 0.2) is 0 Å². The minimum Gasteiger partial charge on any atom is -0.358 e. The molecular weight excluding hydrogens is 264 g/mol. The van der Waals surface area contributed by atoms with Gasteiger partial charge in [0.05, 0.1) is 0 Å². The third-order valence-corrected chi connectivity index (χ3v) is 2.98. The molecule has 1 fully saturated rings. The Morgan fingerprint density at radius 1 is 1.21 bits per heavy atom. The molecule has 3 nitrogen and oxygen atoms in total. The molecule has 1 amide bonds. The SMILES string of the molecule is O=C1CCN(c2ccc(F)cc2)C(C(F)(F)F)CN1. The van der Waals surface area contributed by atoms with Crippen molar-refractivity contribution in [3.8, 4) is 0 Å². The van der Waals surface area contributed by atoms with Crippen molar-refractivity contribution in [2.24, 2.45) is 0 Å². The van der Waals surface area contributed by atoms with Crippen LogP contribution in [0.1, 0.15) is 6.42 Å². The van der Waals surface area contributed by atoms with E-state index in [9.17, 15) is 22.4 Å². The summed E-state index contributed by atoms with van der Waals surface area (Å²) in [4.78, 5) is 12.3. The second-order valence-electron chi connectivity index (χ2n) is 4.28. The normalized spacial score (nSPS) is 20.9. The number of nitrogens with zero attached hydrogens (tertiary/aromatic N) is 1. The Labute approximate surface area is 107 Å². The van der Waals surface area contributed by atoms with Crippen LogP contribution in [0, 0.1) is 5.82 Å². The summed E-state index contributed by atoms with van der Waals surface area (Å²) in [5.41, 5.74) is 0.250. The van der Waals surface area contributed by atoms with Gasteiger partial charge in [-0.3, -0.25) is 4.79 Å². The maximum atomic E-state index is 13.0. The molecule has 19 heavy (non-hydrogen) atoms. The monoisotopic (exact) mass is 276 g/mol. The minimum atomic E-state index is -4.47. The van der Waals surface area contributed by atoms with E-state index in [0.717, 1.165) is 17.0 Å². The van der Waals surface area contributed by atoms with Crippen molar-refractivity contribution >= 4 is 11.6 Å². The second-order valence-corrected chi connectivity index (χ2v) is 4.28. The van der Waals surface area contributed by atoms with Crippen molar-refractivity contribution in [1.82, 2.24) is 5.32 Å². The Kier molecular flexibility index (Phi) is 3.64. The van der Waals surface area contributed by atoms with Gasteiger partial charge < -0.3 is 10.2 Å². The molecule has 1 heterocycles. The summed E-state index contributed by atoms with van der Waals surface area (Å²) < 4.78 is 51.8. The van der Waals surface area contributed by atoms with E-state index in [1.54, 1.807) is 0 Å². The molecule has 7 heteroatoms. The third kappa shape index (κ3) is 3.15. The second kappa shape index (κ2) is 5.07. The van der Waals surface area contributed by atoms with E-state index in [-0.39, 0.29) is 18.7 Å². The summed E-state index contributed by atoms with van der Waals surface area (Å²) in [5, 5.41) is 2.24. The summed E-state index contributed by atoms with van der Waals surface area (Å²) in [6.45, 7) is -0.554. The quantitative estimate of drug-likeness (QED) is 0.797. The fourth-order valence-corrected chi connectivity index (χ4v) is 2.02. The maximum absolute atomic E-state index is 13.0. The predicted molar refractivity (Wildman–Crippen MR) is 61.2 cm³/mol. The highest BCUT2D eigenvalue weighted by Gasteiger charge is 2.45. The lowest BCUT2D eigenvalue weighted by molar-refractivity contribution is -0.147. The number of alkyl halides is 3. The van der Waals surface area contributed by atoms with Crippen molar-refractivity contribution < 1.29 is 22.4 Å². The van der Waals surface area contributed by atoms with Crippen molar-refractivity contribution in [2.75, 3.05) is 18.0 Å². The zero-order chi connectivity index (χ0) is 14.0. The molecule has 1 aliphatic heterocycles. The van der Waals surface area contributed by atoms with Gasteiger partial charge in [0.25, 0.3) is 0 Å². The van der Waals surface area contributed by atoms with Crippen molar-refractivity contribution in [1.29, 1.82) is 0 Å². The Balaban J connectivity index is 2.31. The zero-order valence-electron chi connectivity index (χ0n) is 9.88. The van der Waals surface area contributed by atoms with Crippen molar-refractivity contribution in [2.45, 2.75) is 18.6 Å². The van der Waals surface area contributed by atoms with E-state index in [4.69, 9.17) is 0 Å². The molecule has 0 aliphatic carbocycles. The number of hydrogen-bond acceptors (Lipinski definition) is 2. The molecule has 1 aromatic rings. The first-order chi connectivity index (χ1) is 8.88. The fraction of sp³-hybridized carbons (Fsp3) is 0.417. The number of carbonyl (C=O) groups excluding carboxylic acids is 1. The lowest BCUT2D eigenvalue weighted by Gasteiger charge is -2.32. The third-order valence-electron chi connectivity index (χ3n) is 2.98. The van der Waals surface area contributed by atoms with Crippen LogP contribution in [0.15, 0.2) is 24.3 Å². The first-order valence-corrected chi connectivity index (χ1v) is 5.73. The van der Waals surface area contributed by atoms with E-state index in [1.807, 2.05) is 0 Å². The summed E-state index contributed by atoms with van der Waals surface area (Å²) in [7, 11) is 0. The number of halogens is 4. The molecule has 0 spiro atoms. The topological polar surface area (TPSA) is 32.3 Å². The molecule has 1 unspecified atom stereocenters. The Morgan fingerprint density at radius 3 is 2.42 bits per heavy atom. The van der Waals surface area contributed by atoms with Gasteiger partial charge in [0, 0.05) is 25.2 Å². The van der Waals surface area contributed by atoms with Crippen molar-refractivity contribution in [3.05, 3.63) is 30.1 Å². The molecule has 1 N–H and O–H groups in total. The minimum absolute atomic E-state index is 0.0239. The Hall–Kier alpha value is -1.79. The van der Waals surface area contributed by atoms with Crippen LogP contribution in [-0.2, 0) is 4.79 Å². The number of hydrogen-bond donors (Lipinski definition) is 1. The molecular formula is C12H12F4N2O. The van der Waals surface area contributed by atoms with Gasteiger partial charge in [0.1, 0.15) is 11.9 Å². The highest BCUT2D eigenvalue weighted by Crippen LogP contribution is 2.30. The lowest BCUT2D eigenvalue weighted by Crippen LogP contribution is -2.50. The van der Waals surface area contributed by atoms with E-state index in [0.29, 0.717) is 0 Å². The van der Waals surface area contributed by atoms with Crippen LogP contribution in [0.3, 0.4) is 0 Å². The highest BCUT2D eigenvalue weighted by molar-refractivity contribution is 5.77. The van der Waals surface area contributed by atoms with Gasteiger partial charge in [-0.15, -0.1) is 0 Å². The number of anilines is 1. The smallest absolute Gasteiger partial charge is 0.358 e. The van der Waals surface area contributed by atoms with Gasteiger partial charge in [-0.1, -0.05) is 0 Å². The van der Waals surface area contributed by atoms with E-state index in [2.05, 4.69) is 5.32 Å². The van der Waals surface area contributed by atoms with E-state index in [1.165, 1.54) is 12.1 Å². The largest absolute Gasteiger partial charge is 0.410 e. The van der Waals surface area contributed by atoms with E-state index >= 15 is 0 Å². The first kappa shape index (κ1) is 13.6. The number of nitrogens with one attached hydrogen (secondary N) is 1. The van der Waals surface area contributed by atoms with Crippen LogP contribution in [0.25, 0.3) is 0 Å². The van der Waals surface area contributed by atoms with Crippen LogP contribution in [0.4, 0.5) is 23.2 Å². The predicted octanol–water partition coefficient (Wildman–Crippen LogP) is 2.08. The zero-order valence-corrected chi connectivity index (χ0v) is 9.88. The molecule has 104 valence electrons. The summed E-state index contributed by atoms with van der Waals surface area (Å²) in [6.07, 6.45) is -4.49. The molecule has 1 aromatic carbocycles. The molecule has 0 aromatic heterocycles. The van der Waals surface area contributed by atoms with Crippen LogP contribution in [0.2, 0.25) is 0 Å². The summed E-state index contributed by atoms with van der Waals surface area (Å²) >= 11 is 0. The number of benzene rings is 1. The fourth-order valence-electron chi connectivity index (χ4n) is 2.02. The summed E-state index contributed by atoms with van der Waals surface area (Å²) in [6, 6.07) is 2.96. The van der Waals surface area contributed by atoms with Gasteiger partial charge in [0.2, 0.25) is 5.91 Å². The molecule has 0 saturated carbocycles.